The van der Waals surface area contributed by atoms with Gasteiger partial charge in [-0.2, -0.15) is 0 Å². The molecule has 3 rings (SSSR count). The normalized spacial score (nSPS) is 26.4. The molecule has 0 aromatic carbocycles. The number of hydrogen-bond donors (Lipinski definition) is 1. The van der Waals surface area contributed by atoms with Crippen LogP contribution in [0.5, 0.6) is 0 Å². The lowest BCUT2D eigenvalue weighted by atomic mass is 9.98. The number of aliphatic imine (C=N–C) groups is 1. The average molecular weight is 524 g/mol. The largest absolute Gasteiger partial charge is 0.378 e. The Morgan fingerprint density at radius 3 is 2.59 bits per heavy atom. The maximum Gasteiger partial charge on any atom is 0.194 e. The number of nitrogens with one attached hydrogen (secondary N) is 1. The Balaban J connectivity index is 0.00000300. The van der Waals surface area contributed by atoms with Gasteiger partial charge in [0.1, 0.15) is 6.10 Å². The van der Waals surface area contributed by atoms with E-state index >= 15 is 0 Å². The number of unbranched alkanes of at least 4 members (excludes halogenated alkanes) is 2. The minimum Gasteiger partial charge on any atom is -0.378 e. The van der Waals surface area contributed by atoms with E-state index in [1.165, 1.54) is 38.5 Å². The Morgan fingerprint density at radius 1 is 1.00 bits per heavy atom. The highest BCUT2D eigenvalue weighted by Crippen LogP contribution is 2.21. The molecule has 2 saturated heterocycles. The fraction of sp³-hybridized carbons (Fsp3) is 0.955. The van der Waals surface area contributed by atoms with Crippen LogP contribution in [-0.2, 0) is 14.2 Å². The average Bonchev–Trinajstić information content (AvgIpc) is 3.28. The molecule has 2 atom stereocenters. The van der Waals surface area contributed by atoms with Crippen LogP contribution in [0, 0.1) is 0 Å². The van der Waals surface area contributed by atoms with Gasteiger partial charge in [-0.05, 0) is 51.9 Å². The first kappa shape index (κ1) is 25.1. The SMILES string of the molecule is CCNC(=NCCCCCOC1CCCCC1)N1CCOC(C2CCCO2)C1.I. The third kappa shape index (κ3) is 8.87. The Kier molecular flexibility index (Phi) is 12.8. The zero-order valence-electron chi connectivity index (χ0n) is 18.3. The standard InChI is InChI=1S/C22H41N3O3.HI/c1-2-23-22(25-14-17-28-21(18-25)20-12-9-16-27-20)24-13-7-4-8-15-26-19-10-5-3-6-11-19;/h19-21H,2-18H2,1H3,(H,23,24);1H. The topological polar surface area (TPSA) is 55.3 Å². The van der Waals surface area contributed by atoms with Gasteiger partial charge in [-0.15, -0.1) is 24.0 Å². The molecule has 0 spiro atoms. The Morgan fingerprint density at radius 2 is 1.83 bits per heavy atom. The van der Waals surface area contributed by atoms with Crippen LogP contribution in [-0.4, -0.2) is 75.2 Å². The lowest BCUT2D eigenvalue weighted by Crippen LogP contribution is -2.53. The van der Waals surface area contributed by atoms with Gasteiger partial charge in [-0.3, -0.25) is 4.99 Å². The zero-order valence-corrected chi connectivity index (χ0v) is 20.6. The van der Waals surface area contributed by atoms with Crippen molar-refractivity contribution in [2.24, 2.45) is 4.99 Å². The van der Waals surface area contributed by atoms with Crippen molar-refractivity contribution in [2.45, 2.75) is 89.4 Å². The van der Waals surface area contributed by atoms with Crippen LogP contribution >= 0.6 is 24.0 Å². The van der Waals surface area contributed by atoms with Crippen LogP contribution in [0.4, 0.5) is 0 Å². The van der Waals surface area contributed by atoms with E-state index in [0.29, 0.717) is 6.10 Å². The number of halogens is 1. The summed E-state index contributed by atoms with van der Waals surface area (Å²) in [5, 5.41) is 3.46. The summed E-state index contributed by atoms with van der Waals surface area (Å²) in [6.07, 6.45) is 13.3. The van der Waals surface area contributed by atoms with Crippen molar-refractivity contribution in [2.75, 3.05) is 46.0 Å². The zero-order chi connectivity index (χ0) is 19.4. The van der Waals surface area contributed by atoms with Gasteiger partial charge in [0, 0.05) is 39.4 Å². The molecule has 1 saturated carbocycles. The minimum atomic E-state index is 0. The predicted octanol–water partition coefficient (Wildman–Crippen LogP) is 3.97. The Labute approximate surface area is 194 Å². The van der Waals surface area contributed by atoms with E-state index in [1.54, 1.807) is 0 Å². The van der Waals surface area contributed by atoms with Crippen LogP contribution in [0.15, 0.2) is 4.99 Å². The van der Waals surface area contributed by atoms with Gasteiger partial charge in [0.15, 0.2) is 5.96 Å². The first-order chi connectivity index (χ1) is 13.9. The monoisotopic (exact) mass is 523 g/mol. The molecule has 0 radical (unpaired) electrons. The van der Waals surface area contributed by atoms with Crippen molar-refractivity contribution in [1.82, 2.24) is 10.2 Å². The molecular formula is C22H42IN3O3. The van der Waals surface area contributed by atoms with Crippen molar-refractivity contribution < 1.29 is 14.2 Å². The van der Waals surface area contributed by atoms with Gasteiger partial charge in [0.25, 0.3) is 0 Å². The van der Waals surface area contributed by atoms with Crippen molar-refractivity contribution in [3.8, 4) is 0 Å². The van der Waals surface area contributed by atoms with Gasteiger partial charge in [0.05, 0.1) is 18.8 Å². The molecule has 1 N–H and O–H groups in total. The smallest absolute Gasteiger partial charge is 0.194 e. The Hall–Kier alpha value is -0.120. The first-order valence-electron chi connectivity index (χ1n) is 11.7. The molecule has 29 heavy (non-hydrogen) atoms. The van der Waals surface area contributed by atoms with E-state index in [4.69, 9.17) is 19.2 Å². The molecule has 170 valence electrons. The van der Waals surface area contributed by atoms with Gasteiger partial charge in [-0.25, -0.2) is 0 Å². The molecule has 6 nitrogen and oxygen atoms in total. The van der Waals surface area contributed by atoms with Gasteiger partial charge < -0.3 is 24.4 Å². The van der Waals surface area contributed by atoms with E-state index in [9.17, 15) is 0 Å². The van der Waals surface area contributed by atoms with E-state index < -0.39 is 0 Å². The van der Waals surface area contributed by atoms with E-state index in [2.05, 4.69) is 17.1 Å². The lowest BCUT2D eigenvalue weighted by molar-refractivity contribution is -0.0817. The van der Waals surface area contributed by atoms with E-state index in [0.717, 1.165) is 77.6 Å². The minimum absolute atomic E-state index is 0. The molecule has 0 bridgehead atoms. The van der Waals surface area contributed by atoms with Crippen LogP contribution in [0.25, 0.3) is 0 Å². The summed E-state index contributed by atoms with van der Waals surface area (Å²) in [5.74, 6) is 1.03. The summed E-state index contributed by atoms with van der Waals surface area (Å²) in [6, 6.07) is 0. The summed E-state index contributed by atoms with van der Waals surface area (Å²) in [5.41, 5.74) is 0. The van der Waals surface area contributed by atoms with Crippen molar-refractivity contribution in [1.29, 1.82) is 0 Å². The van der Waals surface area contributed by atoms with Gasteiger partial charge >= 0.3 is 0 Å². The highest BCUT2D eigenvalue weighted by Gasteiger charge is 2.32. The van der Waals surface area contributed by atoms with E-state index in [-0.39, 0.29) is 36.2 Å². The lowest BCUT2D eigenvalue weighted by Gasteiger charge is -2.37. The highest BCUT2D eigenvalue weighted by atomic mass is 127. The second kappa shape index (κ2) is 14.8. The molecule has 2 aliphatic heterocycles. The molecule has 3 fully saturated rings. The van der Waals surface area contributed by atoms with Crippen LogP contribution in [0.3, 0.4) is 0 Å². The molecule has 0 amide bonds. The highest BCUT2D eigenvalue weighted by molar-refractivity contribution is 14.0. The maximum atomic E-state index is 6.02. The van der Waals surface area contributed by atoms with Gasteiger partial charge in [-0.1, -0.05) is 19.3 Å². The fourth-order valence-corrected chi connectivity index (χ4v) is 4.47. The maximum absolute atomic E-state index is 6.02. The number of hydrogen-bond acceptors (Lipinski definition) is 4. The molecule has 0 aromatic heterocycles. The van der Waals surface area contributed by atoms with E-state index in [1.807, 2.05) is 0 Å². The van der Waals surface area contributed by atoms with Crippen molar-refractivity contribution >= 4 is 29.9 Å². The van der Waals surface area contributed by atoms with Crippen molar-refractivity contribution in [3.63, 3.8) is 0 Å². The number of nitrogens with zero attached hydrogens (tertiary/aromatic N) is 2. The second-order valence-corrected chi connectivity index (χ2v) is 8.33. The van der Waals surface area contributed by atoms with Gasteiger partial charge in [0.2, 0.25) is 0 Å². The molecule has 1 aliphatic carbocycles. The fourth-order valence-electron chi connectivity index (χ4n) is 4.47. The molecular weight excluding hydrogens is 481 g/mol. The molecule has 7 heteroatoms. The molecule has 0 aromatic rings. The summed E-state index contributed by atoms with van der Waals surface area (Å²) >= 11 is 0. The third-order valence-electron chi connectivity index (χ3n) is 6.08. The van der Waals surface area contributed by atoms with Crippen molar-refractivity contribution in [3.05, 3.63) is 0 Å². The predicted molar refractivity (Wildman–Crippen MR) is 128 cm³/mol. The number of guanidine groups is 1. The van der Waals surface area contributed by atoms with Crippen LogP contribution < -0.4 is 5.32 Å². The Bertz CT molecular complexity index is 455. The number of ether oxygens (including phenoxy) is 3. The number of rotatable bonds is 9. The summed E-state index contributed by atoms with van der Waals surface area (Å²) in [6.45, 7) is 8.26. The molecule has 2 unspecified atom stereocenters. The summed E-state index contributed by atoms with van der Waals surface area (Å²) in [4.78, 5) is 7.23. The van der Waals surface area contributed by atoms with Crippen LogP contribution in [0.2, 0.25) is 0 Å². The molecule has 3 aliphatic rings. The number of morpholine rings is 1. The third-order valence-corrected chi connectivity index (χ3v) is 6.08. The summed E-state index contributed by atoms with van der Waals surface area (Å²) < 4.78 is 17.8. The van der Waals surface area contributed by atoms with Crippen LogP contribution in [0.1, 0.15) is 71.1 Å². The summed E-state index contributed by atoms with van der Waals surface area (Å²) in [7, 11) is 0. The molecule has 2 heterocycles. The quantitative estimate of drug-likeness (QED) is 0.215. The second-order valence-electron chi connectivity index (χ2n) is 8.33. The first-order valence-corrected chi connectivity index (χ1v) is 11.7.